The van der Waals surface area contributed by atoms with Gasteiger partial charge in [0.15, 0.2) is 5.82 Å². The normalized spacial score (nSPS) is 10.8. The van der Waals surface area contributed by atoms with Crippen LogP contribution in [0.25, 0.3) is 5.65 Å². The molecule has 96 valence electrons. The summed E-state index contributed by atoms with van der Waals surface area (Å²) in [5.41, 5.74) is 8.42. The molecule has 3 aromatic rings. The second-order valence-electron chi connectivity index (χ2n) is 4.20. The number of benzene rings is 1. The Morgan fingerprint density at radius 1 is 1.21 bits per heavy atom. The van der Waals surface area contributed by atoms with Gasteiger partial charge in [-0.3, -0.25) is 4.40 Å². The standard InChI is InChI=1S/C13H14N6/c14-6-5-10-1-3-11(4-2-10)17-12-13-18-16-9-19(13)8-7-15-12/h1-4,7-9H,5-6,14H2,(H,15,17). The van der Waals surface area contributed by atoms with Crippen molar-refractivity contribution in [2.24, 2.45) is 5.73 Å². The summed E-state index contributed by atoms with van der Waals surface area (Å²) in [5.74, 6) is 0.687. The molecule has 19 heavy (non-hydrogen) atoms. The van der Waals surface area contributed by atoms with Crippen LogP contribution in [0, 0.1) is 0 Å². The van der Waals surface area contributed by atoms with Gasteiger partial charge >= 0.3 is 0 Å². The van der Waals surface area contributed by atoms with Gasteiger partial charge in [-0.1, -0.05) is 12.1 Å². The highest BCUT2D eigenvalue weighted by Crippen LogP contribution is 2.18. The number of aromatic nitrogens is 4. The molecule has 0 amide bonds. The summed E-state index contributed by atoms with van der Waals surface area (Å²) in [6.07, 6.45) is 6.05. The van der Waals surface area contributed by atoms with E-state index < -0.39 is 0 Å². The second kappa shape index (κ2) is 5.03. The summed E-state index contributed by atoms with van der Waals surface area (Å²) in [6.45, 7) is 0.660. The van der Waals surface area contributed by atoms with Crippen LogP contribution < -0.4 is 11.1 Å². The lowest BCUT2D eigenvalue weighted by Gasteiger charge is -2.07. The molecular formula is C13H14N6. The summed E-state index contributed by atoms with van der Waals surface area (Å²) in [5, 5.41) is 11.1. The van der Waals surface area contributed by atoms with E-state index in [4.69, 9.17) is 5.73 Å². The molecule has 3 N–H and O–H groups in total. The Balaban J connectivity index is 1.86. The molecule has 0 aliphatic rings. The SMILES string of the molecule is NCCc1ccc(Nc2nccn3cnnc23)cc1. The molecule has 0 fully saturated rings. The molecule has 6 nitrogen and oxygen atoms in total. The minimum absolute atomic E-state index is 0.660. The third kappa shape index (κ3) is 2.38. The van der Waals surface area contributed by atoms with E-state index in [1.165, 1.54) is 5.56 Å². The van der Waals surface area contributed by atoms with Gasteiger partial charge in [0.2, 0.25) is 5.65 Å². The molecule has 0 atom stereocenters. The first kappa shape index (κ1) is 11.6. The molecule has 0 aliphatic heterocycles. The fraction of sp³-hybridized carbons (Fsp3) is 0.154. The number of rotatable bonds is 4. The molecule has 0 saturated carbocycles. The van der Waals surface area contributed by atoms with E-state index in [1.54, 1.807) is 12.5 Å². The van der Waals surface area contributed by atoms with Gasteiger partial charge in [-0.05, 0) is 30.7 Å². The van der Waals surface area contributed by atoms with Crippen molar-refractivity contribution in [2.45, 2.75) is 6.42 Å². The first-order valence-corrected chi connectivity index (χ1v) is 6.07. The molecule has 0 unspecified atom stereocenters. The molecule has 0 aliphatic carbocycles. The second-order valence-corrected chi connectivity index (χ2v) is 4.20. The van der Waals surface area contributed by atoms with Crippen LogP contribution >= 0.6 is 0 Å². The van der Waals surface area contributed by atoms with Crippen LogP contribution in [0.4, 0.5) is 11.5 Å². The maximum atomic E-state index is 5.53. The van der Waals surface area contributed by atoms with Crippen LogP contribution in [0.5, 0.6) is 0 Å². The molecule has 1 aromatic carbocycles. The van der Waals surface area contributed by atoms with Crippen LogP contribution in [-0.2, 0) is 6.42 Å². The largest absolute Gasteiger partial charge is 0.337 e. The van der Waals surface area contributed by atoms with Gasteiger partial charge in [0.25, 0.3) is 0 Å². The van der Waals surface area contributed by atoms with Crippen molar-refractivity contribution in [3.8, 4) is 0 Å². The molecule has 6 heteroatoms. The van der Waals surface area contributed by atoms with E-state index in [1.807, 2.05) is 22.7 Å². The minimum atomic E-state index is 0.660. The predicted molar refractivity (Wildman–Crippen MR) is 73.3 cm³/mol. The van der Waals surface area contributed by atoms with Gasteiger partial charge in [0.1, 0.15) is 6.33 Å². The first-order chi connectivity index (χ1) is 9.36. The zero-order valence-electron chi connectivity index (χ0n) is 10.3. The van der Waals surface area contributed by atoms with Gasteiger partial charge in [-0.2, -0.15) is 0 Å². The lowest BCUT2D eigenvalue weighted by molar-refractivity contribution is 0.969. The van der Waals surface area contributed by atoms with E-state index in [2.05, 4.69) is 32.6 Å². The molecule has 0 bridgehead atoms. The lowest BCUT2D eigenvalue weighted by Crippen LogP contribution is -2.02. The summed E-state index contributed by atoms with van der Waals surface area (Å²) in [7, 11) is 0. The van der Waals surface area contributed by atoms with Crippen molar-refractivity contribution in [3.63, 3.8) is 0 Å². The zero-order chi connectivity index (χ0) is 13.1. The Bertz CT molecular complexity index is 673. The van der Waals surface area contributed by atoms with Gasteiger partial charge in [0, 0.05) is 18.1 Å². The summed E-state index contributed by atoms with van der Waals surface area (Å²) < 4.78 is 1.82. The average Bonchev–Trinajstić information content (AvgIpc) is 2.91. The monoisotopic (exact) mass is 254 g/mol. The average molecular weight is 254 g/mol. The fourth-order valence-corrected chi connectivity index (χ4v) is 1.90. The molecule has 0 radical (unpaired) electrons. The highest BCUT2D eigenvalue weighted by Gasteiger charge is 2.04. The molecule has 0 saturated heterocycles. The number of anilines is 2. The fourth-order valence-electron chi connectivity index (χ4n) is 1.90. The van der Waals surface area contributed by atoms with E-state index in [-0.39, 0.29) is 0 Å². The topological polar surface area (TPSA) is 81.1 Å². The Morgan fingerprint density at radius 2 is 2.05 bits per heavy atom. The van der Waals surface area contributed by atoms with Crippen LogP contribution in [-0.4, -0.2) is 26.1 Å². The number of nitrogens with zero attached hydrogens (tertiary/aromatic N) is 4. The van der Waals surface area contributed by atoms with Crippen molar-refractivity contribution >= 4 is 17.2 Å². The number of hydrogen-bond acceptors (Lipinski definition) is 5. The van der Waals surface area contributed by atoms with Crippen molar-refractivity contribution in [3.05, 3.63) is 48.5 Å². The molecule has 2 aromatic heterocycles. The predicted octanol–water partition coefficient (Wildman–Crippen LogP) is 1.37. The summed E-state index contributed by atoms with van der Waals surface area (Å²) in [6, 6.07) is 8.12. The number of fused-ring (bicyclic) bond motifs is 1. The van der Waals surface area contributed by atoms with Crippen LogP contribution in [0.1, 0.15) is 5.56 Å². The Hall–Kier alpha value is -2.47. The highest BCUT2D eigenvalue weighted by molar-refractivity contribution is 5.69. The van der Waals surface area contributed by atoms with Gasteiger partial charge in [0.05, 0.1) is 0 Å². The molecule has 2 heterocycles. The molecule has 0 spiro atoms. The smallest absolute Gasteiger partial charge is 0.203 e. The number of hydrogen-bond donors (Lipinski definition) is 2. The third-order valence-electron chi connectivity index (χ3n) is 2.87. The highest BCUT2D eigenvalue weighted by atomic mass is 15.2. The van der Waals surface area contributed by atoms with Crippen molar-refractivity contribution in [1.29, 1.82) is 0 Å². The van der Waals surface area contributed by atoms with E-state index in [0.29, 0.717) is 18.0 Å². The van der Waals surface area contributed by atoms with E-state index in [9.17, 15) is 0 Å². The van der Waals surface area contributed by atoms with E-state index in [0.717, 1.165) is 12.1 Å². The Morgan fingerprint density at radius 3 is 2.84 bits per heavy atom. The van der Waals surface area contributed by atoms with Gasteiger partial charge in [-0.15, -0.1) is 10.2 Å². The van der Waals surface area contributed by atoms with Crippen molar-refractivity contribution < 1.29 is 0 Å². The van der Waals surface area contributed by atoms with Crippen LogP contribution in [0.3, 0.4) is 0 Å². The van der Waals surface area contributed by atoms with Crippen molar-refractivity contribution in [1.82, 2.24) is 19.6 Å². The maximum Gasteiger partial charge on any atom is 0.203 e. The van der Waals surface area contributed by atoms with E-state index >= 15 is 0 Å². The van der Waals surface area contributed by atoms with Gasteiger partial charge in [-0.25, -0.2) is 4.98 Å². The Labute approximate surface area is 110 Å². The summed E-state index contributed by atoms with van der Waals surface area (Å²) in [4.78, 5) is 4.28. The van der Waals surface area contributed by atoms with Crippen LogP contribution in [0.15, 0.2) is 43.0 Å². The first-order valence-electron chi connectivity index (χ1n) is 6.07. The zero-order valence-corrected chi connectivity index (χ0v) is 10.3. The van der Waals surface area contributed by atoms with Gasteiger partial charge < -0.3 is 11.1 Å². The molecular weight excluding hydrogens is 240 g/mol. The number of nitrogens with one attached hydrogen (secondary N) is 1. The Kier molecular flexibility index (Phi) is 3.07. The third-order valence-corrected chi connectivity index (χ3v) is 2.87. The van der Waals surface area contributed by atoms with Crippen LogP contribution in [0.2, 0.25) is 0 Å². The minimum Gasteiger partial charge on any atom is -0.337 e. The quantitative estimate of drug-likeness (QED) is 0.735. The maximum absolute atomic E-state index is 5.53. The van der Waals surface area contributed by atoms with Crippen molar-refractivity contribution in [2.75, 3.05) is 11.9 Å². The lowest BCUT2D eigenvalue weighted by atomic mass is 10.1. The number of nitrogens with two attached hydrogens (primary N) is 1. The molecule has 3 rings (SSSR count). The summed E-state index contributed by atoms with van der Waals surface area (Å²) >= 11 is 0.